The van der Waals surface area contributed by atoms with Crippen LogP contribution in [0, 0.1) is 5.92 Å². The summed E-state index contributed by atoms with van der Waals surface area (Å²) >= 11 is 0. The van der Waals surface area contributed by atoms with E-state index in [-0.39, 0.29) is 83.7 Å². The highest BCUT2D eigenvalue weighted by Gasteiger charge is 2.56. The molecule has 4 aromatic carbocycles. The lowest BCUT2D eigenvalue weighted by atomic mass is 9.83. The van der Waals surface area contributed by atoms with Crippen molar-refractivity contribution in [2.45, 2.75) is 45.1 Å². The molecule has 0 bridgehead atoms. The van der Waals surface area contributed by atoms with Crippen LogP contribution in [0.15, 0.2) is 126 Å². The number of hydrogen-bond donors (Lipinski definition) is 2. The van der Waals surface area contributed by atoms with Crippen molar-refractivity contribution < 1.29 is 43.0 Å². The number of aliphatic imine (C=N–C) groups is 1. The van der Waals surface area contributed by atoms with Gasteiger partial charge >= 0.3 is 24.2 Å². The predicted octanol–water partition coefficient (Wildman–Crippen LogP) is 5.05. The normalized spacial score (nSPS) is 15.9. The van der Waals surface area contributed by atoms with Crippen LogP contribution < -0.4 is 10.6 Å². The number of rotatable bonds is 13. The van der Waals surface area contributed by atoms with Gasteiger partial charge < -0.3 is 24.0 Å². The minimum Gasteiger partial charge on any atom is -0.459 e. The zero-order valence-electron chi connectivity index (χ0n) is 32.4. The van der Waals surface area contributed by atoms with E-state index in [1.807, 2.05) is 84.9 Å². The average molecular weight is 803 g/mol. The van der Waals surface area contributed by atoms with Crippen molar-refractivity contribution in [1.82, 2.24) is 25.3 Å². The minimum absolute atomic E-state index is 0.00967. The molecule has 2 atom stereocenters. The van der Waals surface area contributed by atoms with Crippen LogP contribution in [-0.2, 0) is 54.8 Å². The smallest absolute Gasteiger partial charge is 0.414 e. The Hall–Kier alpha value is -7.03. The third-order valence-electron chi connectivity index (χ3n) is 9.80. The topological polar surface area (TPSA) is 176 Å². The molecule has 2 fully saturated rings. The van der Waals surface area contributed by atoms with Gasteiger partial charge in [0.1, 0.15) is 19.8 Å². The molecule has 59 heavy (non-hydrogen) atoms. The Morgan fingerprint density at radius 1 is 0.593 bits per heavy atom. The molecule has 6 rings (SSSR count). The summed E-state index contributed by atoms with van der Waals surface area (Å²) in [5, 5.41) is 4.87. The van der Waals surface area contributed by atoms with Crippen molar-refractivity contribution in [1.29, 1.82) is 0 Å². The first-order chi connectivity index (χ1) is 28.7. The lowest BCUT2D eigenvalue weighted by Crippen LogP contribution is -2.69. The van der Waals surface area contributed by atoms with Crippen molar-refractivity contribution >= 4 is 42.0 Å². The van der Waals surface area contributed by atoms with Crippen LogP contribution in [0.25, 0.3) is 0 Å². The van der Waals surface area contributed by atoms with Gasteiger partial charge in [-0.2, -0.15) is 0 Å². The SMILES string of the molecule is O=C(NC(=NCCC[C@H]1C(=O)N(C(=O)N2CCN(C(=O)Cc3ccccc3)CC2)C1C(=O)OCc1ccccc1)NC(=O)OCc1ccccc1)OCc1ccccc1. The van der Waals surface area contributed by atoms with Crippen molar-refractivity contribution in [2.24, 2.45) is 10.9 Å². The van der Waals surface area contributed by atoms with Crippen LogP contribution in [0.5, 0.6) is 0 Å². The van der Waals surface area contributed by atoms with E-state index in [1.165, 1.54) is 4.90 Å². The van der Waals surface area contributed by atoms with Crippen molar-refractivity contribution in [3.63, 3.8) is 0 Å². The lowest BCUT2D eigenvalue weighted by molar-refractivity contribution is -0.171. The van der Waals surface area contributed by atoms with Gasteiger partial charge in [0.2, 0.25) is 17.8 Å². The Kier molecular flexibility index (Phi) is 14.8. The van der Waals surface area contributed by atoms with E-state index in [9.17, 15) is 28.8 Å². The summed E-state index contributed by atoms with van der Waals surface area (Å²) in [7, 11) is 0. The molecule has 15 heteroatoms. The number of benzene rings is 4. The number of alkyl carbamates (subject to hydrolysis) is 2. The zero-order chi connectivity index (χ0) is 41.4. The zero-order valence-corrected chi connectivity index (χ0v) is 32.4. The molecule has 2 saturated heterocycles. The van der Waals surface area contributed by atoms with Gasteiger partial charge in [-0.25, -0.2) is 24.1 Å². The number of urea groups is 1. The molecular formula is C44H46N6O9. The number of β-lactam (4-membered cyclic amide) rings is 1. The quantitative estimate of drug-likeness (QED) is 0.0468. The number of nitrogens with zero attached hydrogens (tertiary/aromatic N) is 4. The van der Waals surface area contributed by atoms with Crippen LogP contribution >= 0.6 is 0 Å². The maximum absolute atomic E-state index is 13.8. The standard InChI is InChI=1S/C44H46N6O9/c51-37(28-32-14-5-1-6-15-32)48-24-26-49(27-25-48)44(56)50-38(40(53)57-29-33-16-7-2-8-17-33)36(39(50)52)22-13-23-45-41(46-42(54)58-30-34-18-9-3-10-19-34)47-43(55)59-31-35-20-11-4-12-21-35/h1-12,14-21,36,38H,13,22-31H2,(H2,45,46,47,54,55)/t36-,38?/m1/s1. The van der Waals surface area contributed by atoms with E-state index in [0.29, 0.717) is 0 Å². The molecule has 2 aliphatic rings. The summed E-state index contributed by atoms with van der Waals surface area (Å²) in [5.41, 5.74) is 3.13. The molecule has 2 aliphatic heterocycles. The molecule has 0 saturated carbocycles. The summed E-state index contributed by atoms with van der Waals surface area (Å²) in [5.74, 6) is -2.44. The second-order valence-electron chi connectivity index (χ2n) is 13.9. The molecule has 0 radical (unpaired) electrons. The molecule has 2 N–H and O–H groups in total. The van der Waals surface area contributed by atoms with Crippen LogP contribution in [0.1, 0.15) is 35.1 Å². The third-order valence-corrected chi connectivity index (χ3v) is 9.80. The van der Waals surface area contributed by atoms with E-state index >= 15 is 0 Å². The van der Waals surface area contributed by atoms with Crippen molar-refractivity contribution in [2.75, 3.05) is 32.7 Å². The van der Waals surface area contributed by atoms with Gasteiger partial charge in [-0.05, 0) is 35.1 Å². The first kappa shape index (κ1) is 41.6. The molecule has 1 unspecified atom stereocenters. The highest BCUT2D eigenvalue weighted by atomic mass is 16.6. The fourth-order valence-electron chi connectivity index (χ4n) is 6.63. The van der Waals surface area contributed by atoms with Crippen LogP contribution in [0.2, 0.25) is 0 Å². The monoisotopic (exact) mass is 802 g/mol. The third kappa shape index (κ3) is 12.0. The van der Waals surface area contributed by atoms with Gasteiger partial charge in [-0.1, -0.05) is 121 Å². The molecule has 15 nitrogen and oxygen atoms in total. The van der Waals surface area contributed by atoms with Gasteiger partial charge in [0.05, 0.1) is 12.3 Å². The van der Waals surface area contributed by atoms with Gasteiger partial charge in [0.25, 0.3) is 0 Å². The average Bonchev–Trinajstić information content (AvgIpc) is 3.27. The van der Waals surface area contributed by atoms with E-state index < -0.39 is 42.1 Å². The molecule has 0 spiro atoms. The van der Waals surface area contributed by atoms with E-state index in [2.05, 4.69) is 15.6 Å². The van der Waals surface area contributed by atoms with Gasteiger partial charge in [0, 0.05) is 32.7 Å². The number of piperazine rings is 1. The second kappa shape index (κ2) is 20.9. The number of ether oxygens (including phenoxy) is 3. The largest absolute Gasteiger partial charge is 0.459 e. The Balaban J connectivity index is 1.07. The number of hydrogen-bond acceptors (Lipinski definition) is 10. The molecule has 0 aromatic heterocycles. The number of likely N-dealkylation sites (tertiary alicyclic amines) is 1. The van der Waals surface area contributed by atoms with Crippen molar-refractivity contribution in [3.05, 3.63) is 144 Å². The summed E-state index contributed by atoms with van der Waals surface area (Å²) < 4.78 is 16.2. The molecule has 0 aliphatic carbocycles. The summed E-state index contributed by atoms with van der Waals surface area (Å²) in [4.78, 5) is 87.8. The summed E-state index contributed by atoms with van der Waals surface area (Å²) in [6, 6.07) is 34.7. The maximum atomic E-state index is 13.8. The van der Waals surface area contributed by atoms with Gasteiger partial charge in [-0.3, -0.25) is 25.2 Å². The number of esters is 1. The Morgan fingerprint density at radius 3 is 1.53 bits per heavy atom. The van der Waals surface area contributed by atoms with E-state index in [4.69, 9.17) is 14.2 Å². The Labute approximate surface area is 341 Å². The van der Waals surface area contributed by atoms with Crippen molar-refractivity contribution in [3.8, 4) is 0 Å². The molecular weight excluding hydrogens is 757 g/mol. The summed E-state index contributed by atoms with van der Waals surface area (Å²) in [6.45, 7) is 0.866. The number of amides is 6. The molecule has 4 aromatic rings. The highest BCUT2D eigenvalue weighted by molar-refractivity contribution is 6.08. The number of imide groups is 1. The van der Waals surface area contributed by atoms with Gasteiger partial charge in [0.15, 0.2) is 6.04 Å². The van der Waals surface area contributed by atoms with E-state index in [1.54, 1.807) is 41.3 Å². The molecule has 2 heterocycles. The fourth-order valence-corrected chi connectivity index (χ4v) is 6.63. The number of guanidine groups is 1. The fraction of sp³-hybridized carbons (Fsp3) is 0.295. The number of nitrogens with one attached hydrogen (secondary N) is 2. The Bertz CT molecular complexity index is 2020. The first-order valence-corrected chi connectivity index (χ1v) is 19.4. The van der Waals surface area contributed by atoms with Crippen LogP contribution in [0.3, 0.4) is 0 Å². The first-order valence-electron chi connectivity index (χ1n) is 19.4. The molecule has 306 valence electrons. The lowest BCUT2D eigenvalue weighted by Gasteiger charge is -2.46. The Morgan fingerprint density at radius 2 is 1.03 bits per heavy atom. The van der Waals surface area contributed by atoms with Gasteiger partial charge in [-0.15, -0.1) is 0 Å². The highest BCUT2D eigenvalue weighted by Crippen LogP contribution is 2.33. The predicted molar refractivity (Wildman–Crippen MR) is 215 cm³/mol. The number of carbonyl (C=O) groups excluding carboxylic acids is 6. The van der Waals surface area contributed by atoms with E-state index in [0.717, 1.165) is 27.2 Å². The second-order valence-corrected chi connectivity index (χ2v) is 13.9. The number of carbonyl (C=O) groups is 6. The summed E-state index contributed by atoms with van der Waals surface area (Å²) in [6.07, 6.45) is -1.13. The molecule has 6 amide bonds. The van der Waals surface area contributed by atoms with Crippen LogP contribution in [-0.4, -0.2) is 95.4 Å². The minimum atomic E-state index is -1.18. The maximum Gasteiger partial charge on any atom is 0.414 e. The van der Waals surface area contributed by atoms with Crippen LogP contribution in [0.4, 0.5) is 14.4 Å².